The summed E-state index contributed by atoms with van der Waals surface area (Å²) in [5, 5.41) is 13.3. The first kappa shape index (κ1) is 11.6. The van der Waals surface area contributed by atoms with Crippen LogP contribution in [-0.2, 0) is 6.42 Å². The zero-order valence-corrected chi connectivity index (χ0v) is 10.1. The topological polar surface area (TPSA) is 59.2 Å². The van der Waals surface area contributed by atoms with Crippen molar-refractivity contribution < 1.29 is 9.63 Å². The van der Waals surface area contributed by atoms with Crippen LogP contribution in [0.2, 0.25) is 0 Å². The molecule has 1 N–H and O–H groups in total. The predicted octanol–water partition coefficient (Wildman–Crippen LogP) is 3.03. The van der Waals surface area contributed by atoms with Crippen LogP contribution in [0.1, 0.15) is 26.2 Å². The SMILES string of the molecule is CC(C)CCc1nc(-c2cccc(O)c2)no1. The minimum atomic E-state index is 0.205. The largest absolute Gasteiger partial charge is 0.508 e. The number of phenolic OH excluding ortho intramolecular Hbond substituents is 1. The van der Waals surface area contributed by atoms with Gasteiger partial charge in [0.2, 0.25) is 11.7 Å². The van der Waals surface area contributed by atoms with Crippen molar-refractivity contribution in [1.82, 2.24) is 10.1 Å². The van der Waals surface area contributed by atoms with E-state index in [1.807, 2.05) is 6.07 Å². The normalized spacial score (nSPS) is 11.0. The van der Waals surface area contributed by atoms with E-state index < -0.39 is 0 Å². The third kappa shape index (κ3) is 3.06. The van der Waals surface area contributed by atoms with Crippen molar-refractivity contribution in [2.24, 2.45) is 5.92 Å². The second kappa shape index (κ2) is 4.99. The Morgan fingerprint density at radius 1 is 1.35 bits per heavy atom. The monoisotopic (exact) mass is 232 g/mol. The van der Waals surface area contributed by atoms with E-state index in [4.69, 9.17) is 4.52 Å². The van der Waals surface area contributed by atoms with Crippen molar-refractivity contribution in [1.29, 1.82) is 0 Å². The molecule has 0 aliphatic carbocycles. The van der Waals surface area contributed by atoms with Crippen LogP contribution in [0, 0.1) is 5.92 Å². The molecule has 17 heavy (non-hydrogen) atoms. The lowest BCUT2D eigenvalue weighted by atomic mass is 10.1. The van der Waals surface area contributed by atoms with Crippen LogP contribution >= 0.6 is 0 Å². The van der Waals surface area contributed by atoms with Gasteiger partial charge in [-0.05, 0) is 24.5 Å². The number of nitrogens with zero attached hydrogens (tertiary/aromatic N) is 2. The average molecular weight is 232 g/mol. The van der Waals surface area contributed by atoms with Gasteiger partial charge in [0.05, 0.1) is 0 Å². The van der Waals surface area contributed by atoms with Crippen molar-refractivity contribution in [2.45, 2.75) is 26.7 Å². The van der Waals surface area contributed by atoms with Crippen LogP contribution in [0.5, 0.6) is 5.75 Å². The zero-order chi connectivity index (χ0) is 12.3. The van der Waals surface area contributed by atoms with Crippen molar-refractivity contribution in [2.75, 3.05) is 0 Å². The van der Waals surface area contributed by atoms with Gasteiger partial charge in [-0.2, -0.15) is 4.98 Å². The van der Waals surface area contributed by atoms with Gasteiger partial charge in [-0.15, -0.1) is 0 Å². The molecule has 1 aromatic carbocycles. The summed E-state index contributed by atoms with van der Waals surface area (Å²) in [6.07, 6.45) is 1.82. The average Bonchev–Trinajstić information content (AvgIpc) is 2.75. The predicted molar refractivity (Wildman–Crippen MR) is 64.6 cm³/mol. The molecule has 0 bridgehead atoms. The molecule has 90 valence electrons. The van der Waals surface area contributed by atoms with Gasteiger partial charge < -0.3 is 9.63 Å². The number of hydrogen-bond donors (Lipinski definition) is 1. The highest BCUT2D eigenvalue weighted by molar-refractivity contribution is 5.56. The quantitative estimate of drug-likeness (QED) is 0.880. The van der Waals surface area contributed by atoms with E-state index in [2.05, 4.69) is 24.0 Å². The van der Waals surface area contributed by atoms with E-state index in [-0.39, 0.29) is 5.75 Å². The van der Waals surface area contributed by atoms with Crippen molar-refractivity contribution in [3.63, 3.8) is 0 Å². The minimum Gasteiger partial charge on any atom is -0.508 e. The van der Waals surface area contributed by atoms with Gasteiger partial charge >= 0.3 is 0 Å². The van der Waals surface area contributed by atoms with E-state index in [0.29, 0.717) is 17.6 Å². The maximum atomic E-state index is 9.37. The number of aromatic nitrogens is 2. The highest BCUT2D eigenvalue weighted by Gasteiger charge is 2.09. The number of aryl methyl sites for hydroxylation is 1. The Labute approximate surface area is 100 Å². The molecule has 0 radical (unpaired) electrons. The second-order valence-corrected chi connectivity index (χ2v) is 4.49. The van der Waals surface area contributed by atoms with E-state index >= 15 is 0 Å². The molecule has 1 aromatic heterocycles. The molecule has 0 saturated heterocycles. The maximum Gasteiger partial charge on any atom is 0.226 e. The molecule has 2 aromatic rings. The van der Waals surface area contributed by atoms with Gasteiger partial charge in [-0.25, -0.2) is 0 Å². The second-order valence-electron chi connectivity index (χ2n) is 4.49. The van der Waals surface area contributed by atoms with Gasteiger partial charge in [0, 0.05) is 12.0 Å². The highest BCUT2D eigenvalue weighted by atomic mass is 16.5. The first-order chi connectivity index (χ1) is 8.15. The molecule has 0 aliphatic rings. The van der Waals surface area contributed by atoms with Crippen LogP contribution in [0.3, 0.4) is 0 Å². The van der Waals surface area contributed by atoms with E-state index in [1.54, 1.807) is 18.2 Å². The van der Waals surface area contributed by atoms with Crippen LogP contribution in [0.15, 0.2) is 28.8 Å². The Hall–Kier alpha value is -1.84. The van der Waals surface area contributed by atoms with E-state index in [1.165, 1.54) is 0 Å². The molecule has 0 aliphatic heterocycles. The molecular formula is C13H16N2O2. The fourth-order valence-electron chi connectivity index (χ4n) is 1.53. The van der Waals surface area contributed by atoms with Crippen molar-refractivity contribution in [3.05, 3.63) is 30.2 Å². The molecule has 0 unspecified atom stereocenters. The first-order valence-electron chi connectivity index (χ1n) is 5.77. The van der Waals surface area contributed by atoms with Gasteiger partial charge in [0.25, 0.3) is 0 Å². The van der Waals surface area contributed by atoms with Gasteiger partial charge in [0.1, 0.15) is 5.75 Å². The van der Waals surface area contributed by atoms with Crippen molar-refractivity contribution in [3.8, 4) is 17.1 Å². The molecule has 0 atom stereocenters. The Balaban J connectivity index is 2.12. The molecule has 4 nitrogen and oxygen atoms in total. The van der Waals surface area contributed by atoms with E-state index in [9.17, 15) is 5.11 Å². The van der Waals surface area contributed by atoms with Crippen LogP contribution in [-0.4, -0.2) is 15.2 Å². The third-order valence-corrected chi connectivity index (χ3v) is 2.51. The molecule has 0 spiro atoms. The summed E-state index contributed by atoms with van der Waals surface area (Å²) < 4.78 is 5.17. The summed E-state index contributed by atoms with van der Waals surface area (Å²) in [5.41, 5.74) is 0.768. The first-order valence-corrected chi connectivity index (χ1v) is 5.77. The Bertz CT molecular complexity index is 492. The lowest BCUT2D eigenvalue weighted by molar-refractivity contribution is 0.368. The van der Waals surface area contributed by atoms with Crippen LogP contribution < -0.4 is 0 Å². The molecule has 0 saturated carbocycles. The Morgan fingerprint density at radius 3 is 2.88 bits per heavy atom. The number of rotatable bonds is 4. The lowest BCUT2D eigenvalue weighted by Crippen LogP contribution is -1.92. The molecule has 0 fully saturated rings. The van der Waals surface area contributed by atoms with E-state index in [0.717, 1.165) is 18.4 Å². The van der Waals surface area contributed by atoms with Crippen molar-refractivity contribution >= 4 is 0 Å². The molecule has 0 amide bonds. The maximum absolute atomic E-state index is 9.37. The van der Waals surface area contributed by atoms with Crippen LogP contribution in [0.25, 0.3) is 11.4 Å². The Kier molecular flexibility index (Phi) is 3.42. The fourth-order valence-corrected chi connectivity index (χ4v) is 1.53. The smallest absolute Gasteiger partial charge is 0.226 e. The molecular weight excluding hydrogens is 216 g/mol. The highest BCUT2D eigenvalue weighted by Crippen LogP contribution is 2.20. The van der Waals surface area contributed by atoms with Gasteiger partial charge in [0.15, 0.2) is 0 Å². The third-order valence-electron chi connectivity index (χ3n) is 2.51. The molecule has 2 rings (SSSR count). The molecule has 1 heterocycles. The summed E-state index contributed by atoms with van der Waals surface area (Å²) in [5.74, 6) is 2.00. The molecule has 4 heteroatoms. The zero-order valence-electron chi connectivity index (χ0n) is 10.1. The Morgan fingerprint density at radius 2 is 2.18 bits per heavy atom. The van der Waals surface area contributed by atoms with Crippen LogP contribution in [0.4, 0.5) is 0 Å². The fraction of sp³-hybridized carbons (Fsp3) is 0.385. The summed E-state index contributed by atoms with van der Waals surface area (Å²) in [6.45, 7) is 4.32. The lowest BCUT2D eigenvalue weighted by Gasteiger charge is -1.98. The van der Waals surface area contributed by atoms with Gasteiger partial charge in [-0.1, -0.05) is 31.1 Å². The standard InChI is InChI=1S/C13H16N2O2/c1-9(2)6-7-12-14-13(15-17-12)10-4-3-5-11(16)8-10/h3-5,8-9,16H,6-7H2,1-2H3. The minimum absolute atomic E-state index is 0.205. The summed E-state index contributed by atoms with van der Waals surface area (Å²) >= 11 is 0. The number of phenols is 1. The summed E-state index contributed by atoms with van der Waals surface area (Å²) in [7, 11) is 0. The van der Waals surface area contributed by atoms with Gasteiger partial charge in [-0.3, -0.25) is 0 Å². The summed E-state index contributed by atoms with van der Waals surface area (Å²) in [4.78, 5) is 4.30. The number of aromatic hydroxyl groups is 1. The number of benzene rings is 1. The number of hydrogen-bond acceptors (Lipinski definition) is 4. The summed E-state index contributed by atoms with van der Waals surface area (Å²) in [6, 6.07) is 6.84.